The first-order valence-corrected chi connectivity index (χ1v) is 9.44. The standard InChI is InChI=1S/C21H15F3N4O4/c1-12-10-18(29)19(25-27(12)17-5-3-2-4-15(17)21(22,23)24)20(30)26-9-8-13-11-14(28(31)32)6-7-16(13)26/h2-7,10-11H,8-9H2,1H3. The van der Waals surface area contributed by atoms with Crippen LogP contribution in [0, 0.1) is 17.0 Å². The number of non-ortho nitro benzene ring substituents is 1. The Bertz CT molecular complexity index is 1320. The van der Waals surface area contributed by atoms with Crippen LogP contribution >= 0.6 is 0 Å². The number of nitro benzene ring substituents is 1. The number of nitrogens with zero attached hydrogens (tertiary/aromatic N) is 4. The molecule has 3 aromatic rings. The van der Waals surface area contributed by atoms with Gasteiger partial charge in [0.25, 0.3) is 11.6 Å². The summed E-state index contributed by atoms with van der Waals surface area (Å²) in [6.45, 7) is 1.57. The lowest BCUT2D eigenvalue weighted by molar-refractivity contribution is -0.384. The fraction of sp³-hybridized carbons (Fsp3) is 0.190. The van der Waals surface area contributed by atoms with Crippen LogP contribution in [-0.4, -0.2) is 27.2 Å². The fourth-order valence-corrected chi connectivity index (χ4v) is 3.68. The minimum absolute atomic E-state index is 0.126. The number of hydrogen-bond donors (Lipinski definition) is 0. The summed E-state index contributed by atoms with van der Waals surface area (Å²) in [5.41, 5.74) is -1.60. The van der Waals surface area contributed by atoms with Crippen LogP contribution in [-0.2, 0) is 12.6 Å². The third kappa shape index (κ3) is 3.61. The van der Waals surface area contributed by atoms with Gasteiger partial charge in [0.05, 0.1) is 16.2 Å². The van der Waals surface area contributed by atoms with Gasteiger partial charge < -0.3 is 4.90 Å². The van der Waals surface area contributed by atoms with Gasteiger partial charge in [-0.05, 0) is 37.1 Å². The highest BCUT2D eigenvalue weighted by Crippen LogP contribution is 2.34. The van der Waals surface area contributed by atoms with Crippen LogP contribution in [0.5, 0.6) is 0 Å². The number of fused-ring (bicyclic) bond motifs is 1. The molecule has 1 aliphatic heterocycles. The Balaban J connectivity index is 1.79. The Morgan fingerprint density at radius 3 is 2.53 bits per heavy atom. The van der Waals surface area contributed by atoms with Gasteiger partial charge in [0, 0.05) is 36.1 Å². The first-order valence-electron chi connectivity index (χ1n) is 9.44. The Morgan fingerprint density at radius 2 is 1.84 bits per heavy atom. The molecule has 0 saturated heterocycles. The highest BCUT2D eigenvalue weighted by Gasteiger charge is 2.35. The first kappa shape index (κ1) is 21.2. The number of amides is 1. The molecule has 0 aliphatic carbocycles. The predicted molar refractivity (Wildman–Crippen MR) is 108 cm³/mol. The summed E-state index contributed by atoms with van der Waals surface area (Å²) in [7, 11) is 0. The van der Waals surface area contributed by atoms with Crippen LogP contribution in [0.25, 0.3) is 5.69 Å². The monoisotopic (exact) mass is 444 g/mol. The summed E-state index contributed by atoms with van der Waals surface area (Å²) in [6, 6.07) is 9.77. The molecule has 8 nitrogen and oxygen atoms in total. The molecule has 32 heavy (non-hydrogen) atoms. The molecule has 2 aromatic carbocycles. The second-order valence-electron chi connectivity index (χ2n) is 7.20. The van der Waals surface area contributed by atoms with Gasteiger partial charge in [0.2, 0.25) is 5.43 Å². The summed E-state index contributed by atoms with van der Waals surface area (Å²) in [5.74, 6) is -0.791. The second kappa shape index (κ2) is 7.59. The van der Waals surface area contributed by atoms with Crippen LogP contribution in [0.15, 0.2) is 53.3 Å². The molecule has 4 rings (SSSR count). The maximum atomic E-state index is 13.5. The van der Waals surface area contributed by atoms with Crippen molar-refractivity contribution in [3.05, 3.63) is 91.4 Å². The van der Waals surface area contributed by atoms with E-state index in [1.54, 1.807) is 0 Å². The number of para-hydroxylation sites is 1. The van der Waals surface area contributed by atoms with Gasteiger partial charge in [-0.15, -0.1) is 0 Å². The number of nitro groups is 1. The van der Waals surface area contributed by atoms with Crippen LogP contribution < -0.4 is 10.3 Å². The van der Waals surface area contributed by atoms with Crippen LogP contribution in [0.1, 0.15) is 27.3 Å². The number of anilines is 1. The van der Waals surface area contributed by atoms with E-state index in [1.165, 1.54) is 48.2 Å². The lowest BCUT2D eigenvalue weighted by atomic mass is 10.1. The number of hydrogen-bond acceptors (Lipinski definition) is 5. The number of carbonyl (C=O) groups is 1. The Kier molecular flexibility index (Phi) is 5.03. The van der Waals surface area contributed by atoms with Crippen molar-refractivity contribution in [1.29, 1.82) is 0 Å². The van der Waals surface area contributed by atoms with E-state index >= 15 is 0 Å². The van der Waals surface area contributed by atoms with Crippen molar-refractivity contribution in [2.75, 3.05) is 11.4 Å². The van der Waals surface area contributed by atoms with Crippen LogP contribution in [0.4, 0.5) is 24.5 Å². The quantitative estimate of drug-likeness (QED) is 0.454. The lowest BCUT2D eigenvalue weighted by Crippen LogP contribution is -2.35. The molecule has 0 unspecified atom stereocenters. The highest BCUT2D eigenvalue weighted by molar-refractivity contribution is 6.06. The Hall–Kier alpha value is -4.02. The molecule has 1 aromatic heterocycles. The smallest absolute Gasteiger partial charge is 0.306 e. The number of carbonyl (C=O) groups excluding carboxylic acids is 1. The maximum absolute atomic E-state index is 13.5. The van der Waals surface area contributed by atoms with E-state index < -0.39 is 33.7 Å². The van der Waals surface area contributed by atoms with E-state index in [0.717, 1.165) is 16.8 Å². The summed E-state index contributed by atoms with van der Waals surface area (Å²) in [5, 5.41) is 15.0. The third-order valence-electron chi connectivity index (χ3n) is 5.16. The van der Waals surface area contributed by atoms with Crippen molar-refractivity contribution in [1.82, 2.24) is 9.78 Å². The van der Waals surface area contributed by atoms with Crippen molar-refractivity contribution in [3.8, 4) is 5.69 Å². The van der Waals surface area contributed by atoms with Crippen molar-refractivity contribution in [2.24, 2.45) is 0 Å². The summed E-state index contributed by atoms with van der Waals surface area (Å²) >= 11 is 0. The van der Waals surface area contributed by atoms with Crippen LogP contribution in [0.2, 0.25) is 0 Å². The van der Waals surface area contributed by atoms with Crippen molar-refractivity contribution >= 4 is 17.3 Å². The van der Waals surface area contributed by atoms with Crippen molar-refractivity contribution in [2.45, 2.75) is 19.5 Å². The Labute approximate surface area is 178 Å². The largest absolute Gasteiger partial charge is 0.418 e. The molecule has 0 radical (unpaired) electrons. The van der Waals surface area contributed by atoms with Crippen molar-refractivity contribution in [3.63, 3.8) is 0 Å². The number of benzene rings is 2. The number of alkyl halides is 3. The van der Waals surface area contributed by atoms with E-state index in [9.17, 15) is 32.9 Å². The van der Waals surface area contributed by atoms with Gasteiger partial charge in [0.1, 0.15) is 0 Å². The maximum Gasteiger partial charge on any atom is 0.418 e. The fourth-order valence-electron chi connectivity index (χ4n) is 3.68. The molecule has 1 amide bonds. The number of halogens is 3. The number of aryl methyl sites for hydroxylation is 1. The summed E-state index contributed by atoms with van der Waals surface area (Å²) in [6.07, 6.45) is -4.33. The van der Waals surface area contributed by atoms with Crippen molar-refractivity contribution < 1.29 is 22.9 Å². The van der Waals surface area contributed by atoms with E-state index in [-0.39, 0.29) is 23.6 Å². The van der Waals surface area contributed by atoms with E-state index in [0.29, 0.717) is 17.7 Å². The van der Waals surface area contributed by atoms with Gasteiger partial charge in [-0.25, -0.2) is 4.68 Å². The Morgan fingerprint density at radius 1 is 1.12 bits per heavy atom. The molecule has 0 saturated carbocycles. The zero-order valence-corrected chi connectivity index (χ0v) is 16.6. The highest BCUT2D eigenvalue weighted by atomic mass is 19.4. The zero-order valence-electron chi connectivity index (χ0n) is 16.6. The molecule has 0 bridgehead atoms. The van der Waals surface area contributed by atoms with E-state index in [4.69, 9.17) is 0 Å². The molecule has 0 spiro atoms. The van der Waals surface area contributed by atoms with E-state index in [1.807, 2.05) is 0 Å². The molecule has 2 heterocycles. The molecule has 0 fully saturated rings. The zero-order chi connectivity index (χ0) is 23.2. The third-order valence-corrected chi connectivity index (χ3v) is 5.16. The minimum atomic E-state index is -4.67. The minimum Gasteiger partial charge on any atom is -0.306 e. The van der Waals surface area contributed by atoms with Gasteiger partial charge >= 0.3 is 6.18 Å². The predicted octanol–water partition coefficient (Wildman–Crippen LogP) is 3.67. The molecular weight excluding hydrogens is 429 g/mol. The second-order valence-corrected chi connectivity index (χ2v) is 7.20. The molecular formula is C21H15F3N4O4. The SMILES string of the molecule is Cc1cc(=O)c(C(=O)N2CCc3cc([N+](=O)[O-])ccc32)nn1-c1ccccc1C(F)(F)F. The van der Waals surface area contributed by atoms with Crippen LogP contribution in [0.3, 0.4) is 0 Å². The summed E-state index contributed by atoms with van der Waals surface area (Å²) in [4.78, 5) is 37.3. The summed E-state index contributed by atoms with van der Waals surface area (Å²) < 4.78 is 41.4. The molecule has 0 N–H and O–H groups in total. The molecule has 1 aliphatic rings. The normalized spacial score (nSPS) is 13.2. The first-order chi connectivity index (χ1) is 15.1. The van der Waals surface area contributed by atoms with E-state index in [2.05, 4.69) is 5.10 Å². The molecule has 11 heteroatoms. The van der Waals surface area contributed by atoms with Gasteiger partial charge in [0.15, 0.2) is 5.69 Å². The number of rotatable bonds is 3. The molecule has 164 valence electrons. The van der Waals surface area contributed by atoms with Gasteiger partial charge in [-0.2, -0.15) is 18.3 Å². The average molecular weight is 444 g/mol. The average Bonchev–Trinajstić information content (AvgIpc) is 3.16. The van der Waals surface area contributed by atoms with Gasteiger partial charge in [-0.3, -0.25) is 19.7 Å². The lowest BCUT2D eigenvalue weighted by Gasteiger charge is -2.19. The van der Waals surface area contributed by atoms with Gasteiger partial charge in [-0.1, -0.05) is 12.1 Å². The molecule has 0 atom stereocenters. The topological polar surface area (TPSA) is 98.3 Å². The number of aromatic nitrogens is 2.